The molecule has 30 heavy (non-hydrogen) atoms. The number of ether oxygens (including phenoxy) is 1. The summed E-state index contributed by atoms with van der Waals surface area (Å²) in [4.78, 5) is 24.6. The van der Waals surface area contributed by atoms with Crippen molar-refractivity contribution in [2.75, 3.05) is 7.05 Å². The van der Waals surface area contributed by atoms with Crippen LogP contribution in [0.3, 0.4) is 0 Å². The number of amides is 1. The Bertz CT molecular complexity index is 1190. The molecule has 0 aliphatic carbocycles. The van der Waals surface area contributed by atoms with E-state index in [2.05, 4.69) is 5.32 Å². The molecule has 3 aromatic rings. The zero-order chi connectivity index (χ0) is 22.0. The smallest absolute Gasteiger partial charge is 0.277 e. The van der Waals surface area contributed by atoms with Gasteiger partial charge >= 0.3 is 0 Å². The van der Waals surface area contributed by atoms with Crippen LogP contribution < -0.4 is 15.6 Å². The summed E-state index contributed by atoms with van der Waals surface area (Å²) in [6, 6.07) is 8.28. The highest BCUT2D eigenvalue weighted by atomic mass is 35.5. The Hall–Kier alpha value is -3.26. The molecular formula is C21H16ClF3N2O3. The number of carbonyl (C=O) groups excluding carboxylic acids is 1. The Morgan fingerprint density at radius 2 is 1.77 bits per heavy atom. The average Bonchev–Trinajstić information content (AvgIpc) is 2.72. The molecule has 0 spiro atoms. The summed E-state index contributed by atoms with van der Waals surface area (Å²) in [5.41, 5.74) is -0.124. The van der Waals surface area contributed by atoms with Gasteiger partial charge in [-0.05, 0) is 42.8 Å². The van der Waals surface area contributed by atoms with Crippen molar-refractivity contribution in [3.63, 3.8) is 0 Å². The van der Waals surface area contributed by atoms with E-state index in [1.165, 1.54) is 38.2 Å². The van der Waals surface area contributed by atoms with Crippen molar-refractivity contribution in [3.05, 3.63) is 92.1 Å². The molecule has 0 atom stereocenters. The first-order valence-corrected chi connectivity index (χ1v) is 9.11. The molecule has 0 aliphatic heterocycles. The SMILES string of the molecule is CNC(=O)c1ccc(F)c(-n2c(C)cc(OCc3ccc(F)c(F)c3)c(Cl)c2=O)c1. The third kappa shape index (κ3) is 4.18. The van der Waals surface area contributed by atoms with Crippen LogP contribution in [0.4, 0.5) is 13.2 Å². The van der Waals surface area contributed by atoms with Gasteiger partial charge in [0.2, 0.25) is 0 Å². The van der Waals surface area contributed by atoms with Crippen LogP contribution in [0, 0.1) is 24.4 Å². The Morgan fingerprint density at radius 1 is 1.07 bits per heavy atom. The van der Waals surface area contributed by atoms with Gasteiger partial charge in [0.1, 0.15) is 23.2 Å². The van der Waals surface area contributed by atoms with E-state index in [4.69, 9.17) is 16.3 Å². The number of pyridine rings is 1. The largest absolute Gasteiger partial charge is 0.487 e. The molecule has 0 radical (unpaired) electrons. The van der Waals surface area contributed by atoms with Gasteiger partial charge in [0.05, 0.1) is 5.69 Å². The lowest BCUT2D eigenvalue weighted by molar-refractivity contribution is 0.0963. The van der Waals surface area contributed by atoms with Crippen LogP contribution in [-0.4, -0.2) is 17.5 Å². The summed E-state index contributed by atoms with van der Waals surface area (Å²) in [5.74, 6) is -3.18. The van der Waals surface area contributed by atoms with Crippen LogP contribution in [0.5, 0.6) is 5.75 Å². The number of rotatable bonds is 5. The molecule has 0 unspecified atom stereocenters. The van der Waals surface area contributed by atoms with E-state index in [-0.39, 0.29) is 34.3 Å². The molecule has 0 saturated carbocycles. The summed E-state index contributed by atoms with van der Waals surface area (Å²) in [6.07, 6.45) is 0. The lowest BCUT2D eigenvalue weighted by Gasteiger charge is -2.15. The number of hydrogen-bond donors (Lipinski definition) is 1. The van der Waals surface area contributed by atoms with E-state index in [1.807, 2.05) is 0 Å². The number of benzene rings is 2. The van der Waals surface area contributed by atoms with Crippen molar-refractivity contribution in [3.8, 4) is 11.4 Å². The van der Waals surface area contributed by atoms with Crippen molar-refractivity contribution in [1.82, 2.24) is 9.88 Å². The number of nitrogens with one attached hydrogen (secondary N) is 1. The van der Waals surface area contributed by atoms with Crippen LogP contribution in [0.2, 0.25) is 5.02 Å². The first kappa shape index (κ1) is 21.4. The van der Waals surface area contributed by atoms with Gasteiger partial charge in [0, 0.05) is 24.4 Å². The van der Waals surface area contributed by atoms with Gasteiger partial charge in [-0.25, -0.2) is 13.2 Å². The average molecular weight is 437 g/mol. The van der Waals surface area contributed by atoms with Gasteiger partial charge in [-0.2, -0.15) is 0 Å². The van der Waals surface area contributed by atoms with Crippen molar-refractivity contribution >= 4 is 17.5 Å². The summed E-state index contributed by atoms with van der Waals surface area (Å²) in [6.45, 7) is 1.37. The predicted octanol–water partition coefficient (Wildman–Crippen LogP) is 4.16. The number of hydrogen-bond acceptors (Lipinski definition) is 3. The van der Waals surface area contributed by atoms with Crippen LogP contribution in [0.1, 0.15) is 21.6 Å². The van der Waals surface area contributed by atoms with E-state index in [0.717, 1.165) is 22.8 Å². The van der Waals surface area contributed by atoms with Gasteiger partial charge in [0.15, 0.2) is 11.6 Å². The second kappa shape index (κ2) is 8.62. The first-order chi connectivity index (χ1) is 14.2. The number of carbonyl (C=O) groups is 1. The minimum Gasteiger partial charge on any atom is -0.487 e. The highest BCUT2D eigenvalue weighted by Gasteiger charge is 2.18. The van der Waals surface area contributed by atoms with Crippen LogP contribution in [0.25, 0.3) is 5.69 Å². The molecule has 3 rings (SSSR count). The topological polar surface area (TPSA) is 60.3 Å². The fourth-order valence-electron chi connectivity index (χ4n) is 2.85. The maximum Gasteiger partial charge on any atom is 0.277 e. The van der Waals surface area contributed by atoms with E-state index in [1.54, 1.807) is 0 Å². The predicted molar refractivity (Wildman–Crippen MR) is 106 cm³/mol. The number of nitrogens with zero attached hydrogens (tertiary/aromatic N) is 1. The van der Waals surface area contributed by atoms with Crippen molar-refractivity contribution < 1.29 is 22.7 Å². The molecule has 1 heterocycles. The highest BCUT2D eigenvalue weighted by Crippen LogP contribution is 2.26. The standard InChI is InChI=1S/C21H16ClF3N2O3/c1-11-7-18(30-10-12-3-5-14(23)16(25)8-12)19(22)21(29)27(11)17-9-13(20(28)26-2)4-6-15(17)24/h3-9H,10H2,1-2H3,(H,26,28). The minimum atomic E-state index is -1.03. The third-order valence-electron chi connectivity index (χ3n) is 4.35. The van der Waals surface area contributed by atoms with E-state index >= 15 is 0 Å². The van der Waals surface area contributed by atoms with Crippen molar-refractivity contribution in [1.29, 1.82) is 0 Å². The molecule has 0 saturated heterocycles. The van der Waals surface area contributed by atoms with Gasteiger partial charge in [0.25, 0.3) is 11.5 Å². The Morgan fingerprint density at radius 3 is 2.43 bits per heavy atom. The molecule has 0 bridgehead atoms. The first-order valence-electron chi connectivity index (χ1n) is 8.73. The van der Waals surface area contributed by atoms with E-state index in [0.29, 0.717) is 5.56 Å². The molecular weight excluding hydrogens is 421 g/mol. The molecule has 1 aromatic heterocycles. The van der Waals surface area contributed by atoms with Crippen molar-refractivity contribution in [2.24, 2.45) is 0 Å². The van der Waals surface area contributed by atoms with Crippen molar-refractivity contribution in [2.45, 2.75) is 13.5 Å². The lowest BCUT2D eigenvalue weighted by atomic mass is 10.1. The normalized spacial score (nSPS) is 10.7. The monoisotopic (exact) mass is 436 g/mol. The molecule has 9 heteroatoms. The van der Waals surface area contributed by atoms with Crippen LogP contribution >= 0.6 is 11.6 Å². The quantitative estimate of drug-likeness (QED) is 0.653. The summed E-state index contributed by atoms with van der Waals surface area (Å²) in [7, 11) is 1.43. The summed E-state index contributed by atoms with van der Waals surface area (Å²) >= 11 is 6.13. The Balaban J connectivity index is 1.98. The van der Waals surface area contributed by atoms with Gasteiger partial charge in [-0.1, -0.05) is 17.7 Å². The molecule has 5 nitrogen and oxygen atoms in total. The number of halogens is 4. The van der Waals surface area contributed by atoms with Crippen LogP contribution in [-0.2, 0) is 6.61 Å². The van der Waals surface area contributed by atoms with Gasteiger partial charge < -0.3 is 10.1 Å². The van der Waals surface area contributed by atoms with E-state index < -0.39 is 28.9 Å². The maximum absolute atomic E-state index is 14.4. The molecule has 2 aromatic carbocycles. The third-order valence-corrected chi connectivity index (χ3v) is 4.70. The van der Waals surface area contributed by atoms with E-state index in [9.17, 15) is 22.8 Å². The second-order valence-electron chi connectivity index (χ2n) is 6.39. The second-order valence-corrected chi connectivity index (χ2v) is 6.76. The highest BCUT2D eigenvalue weighted by molar-refractivity contribution is 6.31. The number of aromatic nitrogens is 1. The number of aryl methyl sites for hydroxylation is 1. The Labute approximate surface area is 174 Å². The lowest BCUT2D eigenvalue weighted by Crippen LogP contribution is -2.24. The maximum atomic E-state index is 14.4. The van der Waals surface area contributed by atoms with Crippen LogP contribution in [0.15, 0.2) is 47.3 Å². The molecule has 0 fully saturated rings. The fraction of sp³-hybridized carbons (Fsp3) is 0.143. The fourth-order valence-corrected chi connectivity index (χ4v) is 3.04. The minimum absolute atomic E-state index is 0.00279. The van der Waals surface area contributed by atoms with Gasteiger partial charge in [-0.15, -0.1) is 0 Å². The molecule has 0 aliphatic rings. The van der Waals surface area contributed by atoms with Gasteiger partial charge in [-0.3, -0.25) is 14.2 Å². The molecule has 1 N–H and O–H groups in total. The molecule has 1 amide bonds. The summed E-state index contributed by atoms with van der Waals surface area (Å²) in [5, 5.41) is 2.10. The summed E-state index contributed by atoms with van der Waals surface area (Å²) < 4.78 is 47.3. The zero-order valence-corrected chi connectivity index (χ0v) is 16.7. The zero-order valence-electron chi connectivity index (χ0n) is 15.9. The molecule has 156 valence electrons. The Kier molecular flexibility index (Phi) is 6.17.